The number of amides is 1. The first-order valence-corrected chi connectivity index (χ1v) is 8.42. The highest BCUT2D eigenvalue weighted by Crippen LogP contribution is 2.23. The molecule has 2 N–H and O–H groups in total. The van der Waals surface area contributed by atoms with Gasteiger partial charge in [-0.1, -0.05) is 11.6 Å². The SMILES string of the molecule is CC(c1ccncc1)N1CCN(C(=O)c2ccc(Cl)c(N)c2)CC1. The molecule has 1 aliphatic heterocycles. The molecule has 0 saturated carbocycles. The van der Waals surface area contributed by atoms with E-state index in [1.807, 2.05) is 29.4 Å². The highest BCUT2D eigenvalue weighted by atomic mass is 35.5. The van der Waals surface area contributed by atoms with E-state index in [4.69, 9.17) is 17.3 Å². The lowest BCUT2D eigenvalue weighted by atomic mass is 10.1. The Morgan fingerprint density at radius 1 is 1.17 bits per heavy atom. The lowest BCUT2D eigenvalue weighted by Crippen LogP contribution is -2.49. The second-order valence-electron chi connectivity index (χ2n) is 6.02. The highest BCUT2D eigenvalue weighted by molar-refractivity contribution is 6.33. The van der Waals surface area contributed by atoms with Crippen LogP contribution in [0.5, 0.6) is 0 Å². The third-order valence-corrected chi connectivity index (χ3v) is 4.92. The smallest absolute Gasteiger partial charge is 0.254 e. The predicted octanol–water partition coefficient (Wildman–Crippen LogP) is 2.84. The molecule has 2 aromatic rings. The summed E-state index contributed by atoms with van der Waals surface area (Å²) in [6.07, 6.45) is 3.63. The van der Waals surface area contributed by atoms with E-state index in [2.05, 4.69) is 16.8 Å². The predicted molar refractivity (Wildman–Crippen MR) is 96.0 cm³/mol. The molecular formula is C18H21ClN4O. The van der Waals surface area contributed by atoms with Gasteiger partial charge in [-0.15, -0.1) is 0 Å². The van der Waals surface area contributed by atoms with Gasteiger partial charge < -0.3 is 10.6 Å². The largest absolute Gasteiger partial charge is 0.398 e. The second-order valence-corrected chi connectivity index (χ2v) is 6.43. The minimum absolute atomic E-state index is 0.00887. The van der Waals surface area contributed by atoms with Gasteiger partial charge in [0.25, 0.3) is 5.91 Å². The molecule has 24 heavy (non-hydrogen) atoms. The maximum atomic E-state index is 12.6. The summed E-state index contributed by atoms with van der Waals surface area (Å²) in [6, 6.07) is 9.45. The van der Waals surface area contributed by atoms with Gasteiger partial charge in [0.05, 0.1) is 10.7 Å². The van der Waals surface area contributed by atoms with Gasteiger partial charge in [-0.25, -0.2) is 0 Å². The summed E-state index contributed by atoms with van der Waals surface area (Å²) >= 11 is 5.92. The fourth-order valence-electron chi connectivity index (χ4n) is 3.02. The standard InChI is InChI=1S/C18H21ClN4O/c1-13(14-4-6-21-7-5-14)22-8-10-23(11-9-22)18(24)15-2-3-16(19)17(20)12-15/h2-7,12-13H,8-11,20H2,1H3. The zero-order chi connectivity index (χ0) is 17.1. The first kappa shape index (κ1) is 16.7. The van der Waals surface area contributed by atoms with Crippen LogP contribution in [0.1, 0.15) is 28.9 Å². The van der Waals surface area contributed by atoms with Crippen LogP contribution in [0.25, 0.3) is 0 Å². The number of aromatic nitrogens is 1. The Balaban J connectivity index is 1.62. The van der Waals surface area contributed by atoms with Gasteiger partial charge >= 0.3 is 0 Å². The molecule has 1 aliphatic rings. The van der Waals surface area contributed by atoms with Crippen molar-refractivity contribution in [2.45, 2.75) is 13.0 Å². The molecule has 0 radical (unpaired) electrons. The van der Waals surface area contributed by atoms with Crippen LogP contribution >= 0.6 is 11.6 Å². The lowest BCUT2D eigenvalue weighted by molar-refractivity contribution is 0.0582. The number of anilines is 1. The molecular weight excluding hydrogens is 324 g/mol. The molecule has 1 unspecified atom stereocenters. The molecule has 0 bridgehead atoms. The summed E-state index contributed by atoms with van der Waals surface area (Å²) in [5, 5.41) is 0.475. The molecule has 1 aromatic carbocycles. The number of carbonyl (C=O) groups is 1. The van der Waals surface area contributed by atoms with Gasteiger partial charge in [0, 0.05) is 50.2 Å². The summed E-state index contributed by atoms with van der Waals surface area (Å²) in [5.41, 5.74) is 8.07. The number of nitrogens with zero attached hydrogens (tertiary/aromatic N) is 3. The van der Waals surface area contributed by atoms with E-state index in [-0.39, 0.29) is 5.91 Å². The maximum Gasteiger partial charge on any atom is 0.254 e. The number of carbonyl (C=O) groups excluding carboxylic acids is 1. The van der Waals surface area contributed by atoms with Crippen molar-refractivity contribution in [1.82, 2.24) is 14.8 Å². The number of piperazine rings is 1. The normalized spacial score (nSPS) is 16.8. The van der Waals surface area contributed by atoms with Gasteiger partial charge in [-0.05, 0) is 42.8 Å². The number of rotatable bonds is 3. The van der Waals surface area contributed by atoms with Gasteiger partial charge in [-0.3, -0.25) is 14.7 Å². The van der Waals surface area contributed by atoms with E-state index >= 15 is 0 Å². The molecule has 3 rings (SSSR count). The minimum Gasteiger partial charge on any atom is -0.398 e. The number of nitrogens with two attached hydrogens (primary N) is 1. The van der Waals surface area contributed by atoms with E-state index in [0.29, 0.717) is 35.4 Å². The molecule has 2 heterocycles. The molecule has 5 nitrogen and oxygen atoms in total. The molecule has 1 atom stereocenters. The topological polar surface area (TPSA) is 62.5 Å². The van der Waals surface area contributed by atoms with Gasteiger partial charge in [0.1, 0.15) is 0 Å². The van der Waals surface area contributed by atoms with Crippen LogP contribution in [0.15, 0.2) is 42.7 Å². The van der Waals surface area contributed by atoms with Crippen molar-refractivity contribution in [3.63, 3.8) is 0 Å². The number of benzene rings is 1. The average Bonchev–Trinajstić information content (AvgIpc) is 2.63. The van der Waals surface area contributed by atoms with E-state index in [0.717, 1.165) is 13.1 Å². The average molecular weight is 345 g/mol. The molecule has 1 amide bonds. The summed E-state index contributed by atoms with van der Waals surface area (Å²) in [4.78, 5) is 20.9. The van der Waals surface area contributed by atoms with Crippen LogP contribution in [-0.2, 0) is 0 Å². The third kappa shape index (κ3) is 3.52. The molecule has 1 saturated heterocycles. The lowest BCUT2D eigenvalue weighted by Gasteiger charge is -2.38. The highest BCUT2D eigenvalue weighted by Gasteiger charge is 2.25. The van der Waals surface area contributed by atoms with Crippen molar-refractivity contribution in [1.29, 1.82) is 0 Å². The summed E-state index contributed by atoms with van der Waals surface area (Å²) in [6.45, 7) is 5.29. The number of halogens is 1. The Labute approximate surface area is 147 Å². The number of hydrogen-bond acceptors (Lipinski definition) is 4. The fraction of sp³-hybridized carbons (Fsp3) is 0.333. The van der Waals surface area contributed by atoms with Crippen molar-refractivity contribution in [3.05, 3.63) is 58.9 Å². The molecule has 1 fully saturated rings. The first-order valence-electron chi connectivity index (χ1n) is 8.04. The van der Waals surface area contributed by atoms with Crippen LogP contribution < -0.4 is 5.73 Å². The maximum absolute atomic E-state index is 12.6. The first-order chi connectivity index (χ1) is 11.6. The number of nitrogen functional groups attached to an aromatic ring is 1. The van der Waals surface area contributed by atoms with Gasteiger partial charge in [-0.2, -0.15) is 0 Å². The van der Waals surface area contributed by atoms with E-state index in [1.165, 1.54) is 5.56 Å². The Morgan fingerprint density at radius 3 is 2.46 bits per heavy atom. The summed E-state index contributed by atoms with van der Waals surface area (Å²) < 4.78 is 0. The summed E-state index contributed by atoms with van der Waals surface area (Å²) in [5.74, 6) is 0.00887. The Bertz CT molecular complexity index is 714. The van der Waals surface area contributed by atoms with Crippen molar-refractivity contribution in [3.8, 4) is 0 Å². The van der Waals surface area contributed by atoms with Crippen molar-refractivity contribution >= 4 is 23.2 Å². The summed E-state index contributed by atoms with van der Waals surface area (Å²) in [7, 11) is 0. The quantitative estimate of drug-likeness (QED) is 0.870. The number of hydrogen-bond donors (Lipinski definition) is 1. The molecule has 6 heteroatoms. The monoisotopic (exact) mass is 344 g/mol. The molecule has 1 aromatic heterocycles. The zero-order valence-electron chi connectivity index (χ0n) is 13.7. The molecule has 0 aliphatic carbocycles. The van der Waals surface area contributed by atoms with Crippen LogP contribution in [0, 0.1) is 0 Å². The Hall–Kier alpha value is -2.11. The van der Waals surface area contributed by atoms with Crippen LogP contribution in [0.4, 0.5) is 5.69 Å². The second kappa shape index (κ2) is 7.20. The number of pyridine rings is 1. The van der Waals surface area contributed by atoms with Crippen molar-refractivity contribution in [2.24, 2.45) is 0 Å². The Kier molecular flexibility index (Phi) is 5.02. The van der Waals surface area contributed by atoms with E-state index < -0.39 is 0 Å². The Morgan fingerprint density at radius 2 is 1.83 bits per heavy atom. The minimum atomic E-state index is 0.00887. The van der Waals surface area contributed by atoms with Gasteiger partial charge in [0.2, 0.25) is 0 Å². The van der Waals surface area contributed by atoms with Crippen molar-refractivity contribution in [2.75, 3.05) is 31.9 Å². The van der Waals surface area contributed by atoms with Gasteiger partial charge in [0.15, 0.2) is 0 Å². The van der Waals surface area contributed by atoms with Crippen LogP contribution in [-0.4, -0.2) is 46.9 Å². The van der Waals surface area contributed by atoms with E-state index in [9.17, 15) is 4.79 Å². The van der Waals surface area contributed by atoms with Crippen molar-refractivity contribution < 1.29 is 4.79 Å². The van der Waals surface area contributed by atoms with E-state index in [1.54, 1.807) is 18.2 Å². The van der Waals surface area contributed by atoms with Crippen LogP contribution in [0.3, 0.4) is 0 Å². The zero-order valence-corrected chi connectivity index (χ0v) is 14.4. The molecule has 126 valence electrons. The van der Waals surface area contributed by atoms with Crippen LogP contribution in [0.2, 0.25) is 5.02 Å². The third-order valence-electron chi connectivity index (χ3n) is 4.58. The fourth-order valence-corrected chi connectivity index (χ4v) is 3.14. The molecule has 0 spiro atoms.